The van der Waals surface area contributed by atoms with E-state index in [1.54, 1.807) is 15.6 Å². The van der Waals surface area contributed by atoms with E-state index in [4.69, 9.17) is 9.72 Å². The highest BCUT2D eigenvalue weighted by molar-refractivity contribution is 7.89. The van der Waals surface area contributed by atoms with Crippen LogP contribution in [0.2, 0.25) is 0 Å². The minimum atomic E-state index is -3.18. The third-order valence-electron chi connectivity index (χ3n) is 7.12. The second kappa shape index (κ2) is 11.7. The van der Waals surface area contributed by atoms with Crippen molar-refractivity contribution in [3.63, 3.8) is 0 Å². The van der Waals surface area contributed by atoms with E-state index in [0.29, 0.717) is 31.4 Å². The van der Waals surface area contributed by atoms with Crippen LogP contribution in [-0.2, 0) is 16.4 Å². The Labute approximate surface area is 229 Å². The molecule has 38 heavy (non-hydrogen) atoms. The van der Waals surface area contributed by atoms with Gasteiger partial charge in [-0.3, -0.25) is 0 Å². The number of benzene rings is 1. The lowest BCUT2D eigenvalue weighted by Gasteiger charge is -2.35. The summed E-state index contributed by atoms with van der Waals surface area (Å²) in [6.07, 6.45) is 7.94. The lowest BCUT2D eigenvalue weighted by atomic mass is 10.1. The zero-order valence-corrected chi connectivity index (χ0v) is 24.2. The third-order valence-corrected chi connectivity index (χ3v) is 10.3. The Morgan fingerprint density at radius 1 is 1.03 bits per heavy atom. The molecule has 0 N–H and O–H groups in total. The predicted octanol–water partition coefficient (Wildman–Crippen LogP) is 4.19. The van der Waals surface area contributed by atoms with Crippen molar-refractivity contribution in [2.24, 2.45) is 5.92 Å². The topological polar surface area (TPSA) is 91.8 Å². The molecule has 0 bridgehead atoms. The molecule has 2 aliphatic heterocycles. The summed E-state index contributed by atoms with van der Waals surface area (Å²) in [6.45, 7) is 10.2. The van der Waals surface area contributed by atoms with Crippen LogP contribution in [0.3, 0.4) is 0 Å². The van der Waals surface area contributed by atoms with Gasteiger partial charge in [0.15, 0.2) is 0 Å². The monoisotopic (exact) mass is 558 g/mol. The van der Waals surface area contributed by atoms with Gasteiger partial charge in [-0.1, -0.05) is 38.5 Å². The summed E-state index contributed by atoms with van der Waals surface area (Å²) in [6, 6.07) is 6.27. The van der Waals surface area contributed by atoms with Crippen LogP contribution in [0.4, 0.5) is 11.6 Å². The Balaban J connectivity index is 1.15. The molecule has 5 rings (SSSR count). The van der Waals surface area contributed by atoms with E-state index in [2.05, 4.69) is 38.8 Å². The largest absolute Gasteiger partial charge is 0.467 e. The molecule has 2 fully saturated rings. The number of aryl methyl sites for hydroxylation is 1. The number of anilines is 2. The molecule has 206 valence electrons. The minimum Gasteiger partial charge on any atom is -0.467 e. The number of nitrogens with zero attached hydrogens (tertiary/aromatic N) is 6. The molecule has 2 saturated heterocycles. The van der Waals surface area contributed by atoms with E-state index < -0.39 is 10.0 Å². The first kappa shape index (κ1) is 27.1. The van der Waals surface area contributed by atoms with Crippen molar-refractivity contribution in [3.8, 4) is 5.19 Å². The molecule has 2 aliphatic rings. The molecular weight excluding hydrogens is 520 g/mol. The smallest absolute Gasteiger partial charge is 0.274 e. The fraction of sp³-hybridized carbons (Fsp3) is 0.593. The first-order valence-corrected chi connectivity index (χ1v) is 16.1. The van der Waals surface area contributed by atoms with E-state index in [-0.39, 0.29) is 17.8 Å². The van der Waals surface area contributed by atoms with Crippen molar-refractivity contribution < 1.29 is 13.2 Å². The molecule has 9 nitrogen and oxygen atoms in total. The van der Waals surface area contributed by atoms with Crippen LogP contribution in [0.1, 0.15) is 45.6 Å². The van der Waals surface area contributed by atoms with E-state index in [9.17, 15) is 8.42 Å². The van der Waals surface area contributed by atoms with Crippen LogP contribution in [-0.4, -0.2) is 78.8 Å². The summed E-state index contributed by atoms with van der Waals surface area (Å²) in [5.41, 5.74) is 3.22. The van der Waals surface area contributed by atoms with E-state index in [1.165, 1.54) is 5.56 Å². The van der Waals surface area contributed by atoms with Crippen LogP contribution < -0.4 is 14.5 Å². The van der Waals surface area contributed by atoms with Crippen molar-refractivity contribution in [2.75, 3.05) is 54.8 Å². The highest BCUT2D eigenvalue weighted by atomic mass is 32.2. The van der Waals surface area contributed by atoms with Crippen molar-refractivity contribution >= 4 is 43.2 Å². The van der Waals surface area contributed by atoms with Crippen molar-refractivity contribution in [1.29, 1.82) is 0 Å². The van der Waals surface area contributed by atoms with Gasteiger partial charge in [0.2, 0.25) is 16.0 Å². The van der Waals surface area contributed by atoms with Gasteiger partial charge in [-0.15, -0.1) is 0 Å². The third kappa shape index (κ3) is 6.38. The molecule has 0 atom stereocenters. The lowest BCUT2D eigenvalue weighted by Crippen LogP contribution is -2.49. The molecule has 4 heterocycles. The quantitative estimate of drug-likeness (QED) is 0.386. The number of sulfonamides is 1. The molecular formula is C27H38N6O3S2. The maximum atomic E-state index is 12.6. The highest BCUT2D eigenvalue weighted by Crippen LogP contribution is 2.33. The van der Waals surface area contributed by atoms with E-state index >= 15 is 0 Å². The Bertz CT molecular complexity index is 1310. The van der Waals surface area contributed by atoms with Crippen molar-refractivity contribution in [2.45, 2.75) is 52.6 Å². The summed E-state index contributed by atoms with van der Waals surface area (Å²) in [7, 11) is -3.18. The van der Waals surface area contributed by atoms with E-state index in [1.807, 2.05) is 32.3 Å². The van der Waals surface area contributed by atoms with Crippen LogP contribution in [0, 0.1) is 5.92 Å². The fourth-order valence-corrected chi connectivity index (χ4v) is 7.82. The predicted molar refractivity (Wildman–Crippen MR) is 154 cm³/mol. The van der Waals surface area contributed by atoms with Crippen LogP contribution >= 0.6 is 11.3 Å². The highest BCUT2D eigenvalue weighted by Gasteiger charge is 2.28. The number of piperazine rings is 1. The SMILES string of the molecule is CCCc1cnc(N2CCC(Oc3nc4ccc(N5CCN(S(=O)(=O)CC(C)C)CC5)cc4s3)CC2)nc1. The summed E-state index contributed by atoms with van der Waals surface area (Å²) < 4.78 is 34.2. The Morgan fingerprint density at radius 2 is 1.74 bits per heavy atom. The van der Waals surface area contributed by atoms with Gasteiger partial charge in [0.25, 0.3) is 5.19 Å². The van der Waals surface area contributed by atoms with Crippen molar-refractivity contribution in [3.05, 3.63) is 36.2 Å². The normalized spacial score (nSPS) is 18.0. The number of hydrogen-bond donors (Lipinski definition) is 0. The van der Waals surface area contributed by atoms with Gasteiger partial charge < -0.3 is 14.5 Å². The number of hydrogen-bond acceptors (Lipinski definition) is 9. The number of thiazole rings is 1. The van der Waals surface area contributed by atoms with Crippen molar-refractivity contribution in [1.82, 2.24) is 19.3 Å². The second-order valence-corrected chi connectivity index (χ2v) is 13.6. The first-order chi connectivity index (χ1) is 18.3. The summed E-state index contributed by atoms with van der Waals surface area (Å²) in [4.78, 5) is 18.3. The Hall–Kier alpha value is -2.50. The lowest BCUT2D eigenvalue weighted by molar-refractivity contribution is 0.170. The molecule has 0 saturated carbocycles. The van der Waals surface area contributed by atoms with Gasteiger partial charge in [-0.25, -0.2) is 23.4 Å². The molecule has 2 aromatic heterocycles. The molecule has 0 unspecified atom stereocenters. The molecule has 0 spiro atoms. The minimum absolute atomic E-state index is 0.131. The van der Waals surface area contributed by atoms with Crippen LogP contribution in [0.5, 0.6) is 5.19 Å². The standard InChI is InChI=1S/C27H38N6O3S2/c1-4-5-21-17-28-26(29-18-21)32-10-8-23(9-11-32)36-27-30-24-7-6-22(16-25(24)37-27)31-12-14-33(15-13-31)38(34,35)19-20(2)3/h6-7,16-18,20,23H,4-5,8-15,19H2,1-3H3. The zero-order valence-electron chi connectivity index (χ0n) is 22.5. The number of fused-ring (bicyclic) bond motifs is 1. The zero-order chi connectivity index (χ0) is 26.7. The number of rotatable bonds is 9. The van der Waals surface area contributed by atoms with E-state index in [0.717, 1.165) is 60.6 Å². The van der Waals surface area contributed by atoms with Gasteiger partial charge in [0.05, 0.1) is 16.0 Å². The Morgan fingerprint density at radius 3 is 2.39 bits per heavy atom. The maximum absolute atomic E-state index is 12.6. The van der Waals surface area contributed by atoms with Gasteiger partial charge in [-0.2, -0.15) is 4.31 Å². The summed E-state index contributed by atoms with van der Waals surface area (Å²) in [5.74, 6) is 1.14. The summed E-state index contributed by atoms with van der Waals surface area (Å²) >= 11 is 1.58. The number of ether oxygens (including phenoxy) is 1. The molecule has 1 aromatic carbocycles. The average molecular weight is 559 g/mol. The molecule has 11 heteroatoms. The first-order valence-electron chi connectivity index (χ1n) is 13.7. The van der Waals surface area contributed by atoms with Gasteiger partial charge in [0, 0.05) is 70.2 Å². The number of piperidine rings is 1. The van der Waals surface area contributed by atoms with Gasteiger partial charge >= 0.3 is 0 Å². The van der Waals surface area contributed by atoms with Gasteiger partial charge in [-0.05, 0) is 36.1 Å². The average Bonchev–Trinajstić information content (AvgIpc) is 3.31. The molecule has 0 aliphatic carbocycles. The number of aromatic nitrogens is 3. The van der Waals surface area contributed by atoms with Crippen LogP contribution in [0.15, 0.2) is 30.6 Å². The second-order valence-electron chi connectivity index (χ2n) is 10.6. The molecule has 0 amide bonds. The van der Waals surface area contributed by atoms with Gasteiger partial charge in [0.1, 0.15) is 6.10 Å². The Kier molecular flexibility index (Phi) is 8.35. The maximum Gasteiger partial charge on any atom is 0.274 e. The fourth-order valence-electron chi connectivity index (χ4n) is 5.14. The van der Waals surface area contributed by atoms with Crippen LogP contribution in [0.25, 0.3) is 10.2 Å². The molecule has 0 radical (unpaired) electrons. The molecule has 3 aromatic rings. The summed E-state index contributed by atoms with van der Waals surface area (Å²) in [5, 5.41) is 0.709.